The minimum atomic E-state index is -0.516. The molecular weight excluding hydrogens is 408 g/mol. The van der Waals surface area contributed by atoms with Gasteiger partial charge in [-0.15, -0.1) is 0 Å². The van der Waals surface area contributed by atoms with Crippen molar-refractivity contribution in [2.45, 2.75) is 65.1 Å². The summed E-state index contributed by atoms with van der Waals surface area (Å²) in [5, 5.41) is 14.2. The van der Waals surface area contributed by atoms with E-state index in [9.17, 15) is 14.7 Å². The quantitative estimate of drug-likeness (QED) is 0.742. The van der Waals surface area contributed by atoms with E-state index in [1.54, 1.807) is 24.6 Å². The Kier molecular flexibility index (Phi) is 6.39. The van der Waals surface area contributed by atoms with Crippen LogP contribution >= 0.6 is 0 Å². The summed E-state index contributed by atoms with van der Waals surface area (Å²) in [5.41, 5.74) is 0.641. The van der Waals surface area contributed by atoms with Gasteiger partial charge in [-0.3, -0.25) is 14.2 Å². The van der Waals surface area contributed by atoms with Gasteiger partial charge < -0.3 is 20.1 Å². The zero-order chi connectivity index (χ0) is 22.8. The van der Waals surface area contributed by atoms with Crippen molar-refractivity contribution in [3.05, 3.63) is 46.2 Å². The molecule has 4 rings (SSSR count). The highest BCUT2D eigenvalue weighted by Crippen LogP contribution is 2.27. The second kappa shape index (κ2) is 9.22. The fraction of sp³-hybridized carbons (Fsp3) is 0.542. The number of aromatic nitrogens is 2. The van der Waals surface area contributed by atoms with Crippen LogP contribution in [0.1, 0.15) is 56.8 Å². The molecule has 2 N–H and O–H groups in total. The standard InChI is InChI=1S/C24H32N4O4/c1-15-6-8-18(9-7-15)26-23(30)20-21(29)19-5-4-10-25-22(19)28(24(20)31)12-11-27-16(2)13-32-14-17(27)3/h4-5,10,13,15,17-18,29H,6-9,11-12,14H2,1-3H3,(H,26,30). The number of carbonyl (C=O) groups excluding carboxylic acids is 1. The highest BCUT2D eigenvalue weighted by Gasteiger charge is 2.27. The minimum absolute atomic E-state index is 0.0255. The smallest absolute Gasteiger partial charge is 0.268 e. The van der Waals surface area contributed by atoms with E-state index in [1.807, 2.05) is 6.92 Å². The van der Waals surface area contributed by atoms with Crippen molar-refractivity contribution < 1.29 is 14.6 Å². The second-order valence-electron chi connectivity index (χ2n) is 9.12. The summed E-state index contributed by atoms with van der Waals surface area (Å²) >= 11 is 0. The Morgan fingerprint density at radius 1 is 1.25 bits per heavy atom. The summed E-state index contributed by atoms with van der Waals surface area (Å²) in [7, 11) is 0. The van der Waals surface area contributed by atoms with Gasteiger partial charge in [0.15, 0.2) is 0 Å². The molecule has 1 unspecified atom stereocenters. The molecule has 2 aliphatic rings. The molecule has 8 heteroatoms. The van der Waals surface area contributed by atoms with Gasteiger partial charge in [-0.05, 0) is 57.6 Å². The first-order chi connectivity index (χ1) is 15.4. The van der Waals surface area contributed by atoms with Crippen LogP contribution in [0.5, 0.6) is 5.75 Å². The van der Waals surface area contributed by atoms with Gasteiger partial charge in [0.05, 0.1) is 11.4 Å². The van der Waals surface area contributed by atoms with E-state index < -0.39 is 11.5 Å². The molecular formula is C24H32N4O4. The van der Waals surface area contributed by atoms with Crippen molar-refractivity contribution in [1.82, 2.24) is 19.8 Å². The molecule has 2 aromatic rings. The summed E-state index contributed by atoms with van der Waals surface area (Å²) in [6.07, 6.45) is 7.18. The number of hydrogen-bond donors (Lipinski definition) is 2. The minimum Gasteiger partial charge on any atom is -0.506 e. The van der Waals surface area contributed by atoms with Gasteiger partial charge in [0.25, 0.3) is 11.5 Å². The Morgan fingerprint density at radius 2 is 2.00 bits per heavy atom. The lowest BCUT2D eigenvalue weighted by molar-refractivity contribution is 0.0917. The average molecular weight is 441 g/mol. The van der Waals surface area contributed by atoms with Gasteiger partial charge in [-0.25, -0.2) is 4.98 Å². The topological polar surface area (TPSA) is 96.7 Å². The maximum Gasteiger partial charge on any atom is 0.268 e. The number of pyridine rings is 2. The third kappa shape index (κ3) is 4.31. The summed E-state index contributed by atoms with van der Waals surface area (Å²) in [5.74, 6) is -0.158. The number of rotatable bonds is 5. The Balaban J connectivity index is 1.66. The van der Waals surface area contributed by atoms with Crippen molar-refractivity contribution in [2.75, 3.05) is 13.2 Å². The van der Waals surface area contributed by atoms with Crippen molar-refractivity contribution in [2.24, 2.45) is 5.92 Å². The summed E-state index contributed by atoms with van der Waals surface area (Å²) in [4.78, 5) is 33.0. The second-order valence-corrected chi connectivity index (χ2v) is 9.12. The third-order valence-corrected chi connectivity index (χ3v) is 6.71. The Hall–Kier alpha value is -3.03. The van der Waals surface area contributed by atoms with Crippen LogP contribution in [0.25, 0.3) is 11.0 Å². The molecule has 1 fully saturated rings. The fourth-order valence-corrected chi connectivity index (χ4v) is 4.76. The van der Waals surface area contributed by atoms with Crippen LogP contribution in [0.4, 0.5) is 0 Å². The number of hydrogen-bond acceptors (Lipinski definition) is 6. The third-order valence-electron chi connectivity index (χ3n) is 6.71. The van der Waals surface area contributed by atoms with E-state index in [0.717, 1.165) is 31.4 Å². The van der Waals surface area contributed by atoms with Crippen molar-refractivity contribution in [3.8, 4) is 5.75 Å². The van der Waals surface area contributed by atoms with Gasteiger partial charge in [0.2, 0.25) is 0 Å². The summed E-state index contributed by atoms with van der Waals surface area (Å²) in [6, 6.07) is 3.58. The Labute approximate surface area is 187 Å². The molecule has 8 nitrogen and oxygen atoms in total. The predicted octanol–water partition coefficient (Wildman–Crippen LogP) is 2.99. The van der Waals surface area contributed by atoms with Crippen LogP contribution in [0, 0.1) is 5.92 Å². The average Bonchev–Trinajstić information content (AvgIpc) is 2.77. The highest BCUT2D eigenvalue weighted by atomic mass is 16.5. The molecule has 1 atom stereocenters. The van der Waals surface area contributed by atoms with E-state index in [-0.39, 0.29) is 23.4 Å². The SMILES string of the molecule is CC1=COCC(C)N1CCn1c(=O)c(C(=O)NC2CCC(C)CC2)c(O)c2cccnc21. The molecule has 1 aliphatic carbocycles. The number of nitrogens with one attached hydrogen (secondary N) is 1. The molecule has 32 heavy (non-hydrogen) atoms. The van der Waals surface area contributed by atoms with Crippen LogP contribution in [0.2, 0.25) is 0 Å². The van der Waals surface area contributed by atoms with E-state index in [1.165, 1.54) is 4.57 Å². The summed E-state index contributed by atoms with van der Waals surface area (Å²) in [6.45, 7) is 7.72. The maximum absolute atomic E-state index is 13.4. The van der Waals surface area contributed by atoms with Crippen LogP contribution in [-0.4, -0.2) is 50.7 Å². The molecule has 0 saturated heterocycles. The number of allylic oxidation sites excluding steroid dienone is 1. The molecule has 0 radical (unpaired) electrons. The Morgan fingerprint density at radius 3 is 2.72 bits per heavy atom. The number of ether oxygens (including phenoxy) is 1. The lowest BCUT2D eigenvalue weighted by Gasteiger charge is -2.35. The number of nitrogens with zero attached hydrogens (tertiary/aromatic N) is 3. The van der Waals surface area contributed by atoms with Gasteiger partial charge in [0.1, 0.15) is 29.8 Å². The molecule has 0 aromatic carbocycles. The van der Waals surface area contributed by atoms with Gasteiger partial charge in [-0.1, -0.05) is 6.92 Å². The Bertz CT molecular complexity index is 1090. The van der Waals surface area contributed by atoms with Gasteiger partial charge in [-0.2, -0.15) is 0 Å². The zero-order valence-corrected chi connectivity index (χ0v) is 19.0. The van der Waals surface area contributed by atoms with Crippen molar-refractivity contribution in [3.63, 3.8) is 0 Å². The van der Waals surface area contributed by atoms with Crippen molar-refractivity contribution >= 4 is 16.9 Å². The van der Waals surface area contributed by atoms with Crippen LogP contribution < -0.4 is 10.9 Å². The number of aromatic hydroxyl groups is 1. The number of fused-ring (bicyclic) bond motifs is 1. The van der Waals surface area contributed by atoms with Crippen LogP contribution in [-0.2, 0) is 11.3 Å². The molecule has 172 valence electrons. The van der Waals surface area contributed by atoms with Gasteiger partial charge in [0, 0.05) is 31.0 Å². The van der Waals surface area contributed by atoms with Gasteiger partial charge >= 0.3 is 0 Å². The molecule has 1 saturated carbocycles. The van der Waals surface area contributed by atoms with Crippen molar-refractivity contribution in [1.29, 1.82) is 0 Å². The molecule has 2 aromatic heterocycles. The van der Waals surface area contributed by atoms with E-state index in [4.69, 9.17) is 4.74 Å². The van der Waals surface area contributed by atoms with E-state index in [0.29, 0.717) is 36.6 Å². The molecule has 0 spiro atoms. The predicted molar refractivity (Wildman–Crippen MR) is 122 cm³/mol. The normalized spacial score (nSPS) is 23.5. The monoisotopic (exact) mass is 440 g/mol. The number of carbonyl (C=O) groups is 1. The first kappa shape index (κ1) is 22.2. The first-order valence-corrected chi connectivity index (χ1v) is 11.4. The zero-order valence-electron chi connectivity index (χ0n) is 19.0. The lowest BCUT2D eigenvalue weighted by atomic mass is 9.87. The number of amides is 1. The molecule has 0 bridgehead atoms. The molecule has 1 amide bonds. The maximum atomic E-state index is 13.4. The van der Waals surface area contributed by atoms with Crippen LogP contribution in [0.15, 0.2) is 35.1 Å². The molecule has 1 aliphatic heterocycles. The lowest BCUT2D eigenvalue weighted by Crippen LogP contribution is -2.43. The van der Waals surface area contributed by atoms with E-state index >= 15 is 0 Å². The molecule has 3 heterocycles. The van der Waals surface area contributed by atoms with E-state index in [2.05, 4.69) is 29.0 Å². The summed E-state index contributed by atoms with van der Waals surface area (Å²) < 4.78 is 6.95. The highest BCUT2D eigenvalue weighted by molar-refractivity contribution is 6.01. The van der Waals surface area contributed by atoms with Crippen LogP contribution in [0.3, 0.4) is 0 Å². The fourth-order valence-electron chi connectivity index (χ4n) is 4.76. The largest absolute Gasteiger partial charge is 0.506 e. The first-order valence-electron chi connectivity index (χ1n) is 11.4.